The fraction of sp³-hybridized carbons (Fsp3) is 0.667. The Labute approximate surface area is 198 Å². The first-order valence-electron chi connectivity index (χ1n) is 10.9. The van der Waals surface area contributed by atoms with Crippen LogP contribution in [0.4, 0.5) is 0 Å². The van der Waals surface area contributed by atoms with Gasteiger partial charge < -0.3 is 33.0 Å². The van der Waals surface area contributed by atoms with Gasteiger partial charge in [-0.1, -0.05) is 27.0 Å². The summed E-state index contributed by atoms with van der Waals surface area (Å²) in [5.41, 5.74) is 0.471. The van der Waals surface area contributed by atoms with Crippen LogP contribution in [0.3, 0.4) is 0 Å². The Morgan fingerprint density at radius 1 is 0.939 bits per heavy atom. The van der Waals surface area contributed by atoms with E-state index in [1.807, 2.05) is 0 Å². The van der Waals surface area contributed by atoms with Crippen molar-refractivity contribution in [1.29, 1.82) is 0 Å². The zero-order valence-corrected chi connectivity index (χ0v) is 22.2. The predicted octanol–water partition coefficient (Wildman–Crippen LogP) is 1.16. The molecule has 0 rings (SSSR count). The van der Waals surface area contributed by atoms with Crippen molar-refractivity contribution in [2.45, 2.75) is 65.1 Å². The van der Waals surface area contributed by atoms with Gasteiger partial charge >= 0.3 is 26.7 Å². The van der Waals surface area contributed by atoms with Crippen LogP contribution in [0.15, 0.2) is 24.3 Å². The minimum Gasteiger partial charge on any atom is -0.465 e. The first-order valence-corrected chi connectivity index (χ1v) is 15.0. The smallest absolute Gasteiger partial charge is 0.465 e. The van der Waals surface area contributed by atoms with Gasteiger partial charge in [-0.15, -0.1) is 0 Å². The van der Waals surface area contributed by atoms with E-state index in [9.17, 15) is 28.8 Å². The number of rotatable bonds is 17. The lowest BCUT2D eigenvalue weighted by Gasteiger charge is -2.26. The molecule has 0 aromatic carbocycles. The standard InChI is InChI=1S/C21H38O10Si2/c1-15(2)19(22)28-10-7-9-18(13-32(25)14-30-21(24)17(5)6)31-33(26,27)12-8-11-29-20(23)16(3)4/h16,18,25-27,32H,1,5,7-14H2,2-4,6H3. The molecule has 0 aliphatic heterocycles. The van der Waals surface area contributed by atoms with E-state index < -0.39 is 35.9 Å². The average molecular weight is 507 g/mol. The highest BCUT2D eigenvalue weighted by Gasteiger charge is 2.36. The van der Waals surface area contributed by atoms with Gasteiger partial charge in [-0.2, -0.15) is 0 Å². The minimum absolute atomic E-state index is 0.0337. The molecular weight excluding hydrogens is 468 g/mol. The van der Waals surface area contributed by atoms with E-state index in [1.54, 1.807) is 13.8 Å². The summed E-state index contributed by atoms with van der Waals surface area (Å²) in [4.78, 5) is 65.5. The summed E-state index contributed by atoms with van der Waals surface area (Å²) < 4.78 is 20.6. The number of ether oxygens (including phenoxy) is 3. The molecule has 0 bridgehead atoms. The fourth-order valence-corrected chi connectivity index (χ4v) is 5.54. The summed E-state index contributed by atoms with van der Waals surface area (Å²) in [5, 5.41) is 0. The lowest BCUT2D eigenvalue weighted by atomic mass is 10.2. The van der Waals surface area contributed by atoms with E-state index in [4.69, 9.17) is 18.6 Å². The van der Waals surface area contributed by atoms with Crippen molar-refractivity contribution < 1.29 is 47.4 Å². The molecule has 0 heterocycles. The molecule has 190 valence electrons. The van der Waals surface area contributed by atoms with E-state index in [1.165, 1.54) is 13.8 Å². The van der Waals surface area contributed by atoms with Crippen LogP contribution in [0.1, 0.15) is 47.0 Å². The second kappa shape index (κ2) is 15.9. The molecule has 10 nitrogen and oxygen atoms in total. The molecule has 3 N–H and O–H groups in total. The highest BCUT2D eigenvalue weighted by molar-refractivity contribution is 6.58. The van der Waals surface area contributed by atoms with Crippen LogP contribution in [-0.4, -0.2) is 75.7 Å². The third kappa shape index (κ3) is 15.6. The third-order valence-electron chi connectivity index (χ3n) is 4.26. The van der Waals surface area contributed by atoms with E-state index in [-0.39, 0.29) is 67.4 Å². The first kappa shape index (κ1) is 31.2. The Morgan fingerprint density at radius 2 is 1.48 bits per heavy atom. The maximum atomic E-state index is 11.5. The molecule has 0 aliphatic rings. The Morgan fingerprint density at radius 3 is 2.03 bits per heavy atom. The number of carbonyl (C=O) groups excluding carboxylic acids is 3. The first-order chi connectivity index (χ1) is 15.2. The lowest BCUT2D eigenvalue weighted by Crippen LogP contribution is -2.44. The highest BCUT2D eigenvalue weighted by Crippen LogP contribution is 2.18. The normalized spacial score (nSPS) is 13.2. The Hall–Kier alpha value is -1.84. The zero-order valence-electron chi connectivity index (χ0n) is 20.0. The van der Waals surface area contributed by atoms with Gasteiger partial charge in [-0.05, 0) is 39.2 Å². The van der Waals surface area contributed by atoms with E-state index in [2.05, 4.69) is 13.2 Å². The molecule has 0 radical (unpaired) electrons. The summed E-state index contributed by atoms with van der Waals surface area (Å²) in [6.45, 7) is 13.5. The SMILES string of the molecule is C=C(C)C(=O)OCCCC(C[SiH](O)COC(=O)C(=C)C)O[Si](O)(O)CCCOC(=O)C(C)C. The van der Waals surface area contributed by atoms with Crippen LogP contribution in [0.2, 0.25) is 12.1 Å². The van der Waals surface area contributed by atoms with Crippen LogP contribution in [0.5, 0.6) is 0 Å². The molecule has 0 fully saturated rings. The van der Waals surface area contributed by atoms with Crippen LogP contribution in [0.25, 0.3) is 0 Å². The largest absolute Gasteiger partial charge is 0.495 e. The van der Waals surface area contributed by atoms with Gasteiger partial charge in [0.15, 0.2) is 0 Å². The van der Waals surface area contributed by atoms with E-state index in [0.29, 0.717) is 6.42 Å². The number of hydrogen-bond donors (Lipinski definition) is 3. The van der Waals surface area contributed by atoms with Crippen LogP contribution in [0, 0.1) is 5.92 Å². The summed E-state index contributed by atoms with van der Waals surface area (Å²) in [5.74, 6) is -1.80. The van der Waals surface area contributed by atoms with E-state index >= 15 is 0 Å². The maximum absolute atomic E-state index is 11.5. The van der Waals surface area contributed by atoms with Gasteiger partial charge in [0.05, 0.1) is 19.1 Å². The van der Waals surface area contributed by atoms with Crippen molar-refractivity contribution in [2.75, 3.05) is 19.4 Å². The quantitative estimate of drug-likeness (QED) is 0.0862. The van der Waals surface area contributed by atoms with Crippen molar-refractivity contribution in [2.24, 2.45) is 5.92 Å². The van der Waals surface area contributed by atoms with Crippen molar-refractivity contribution in [3.8, 4) is 0 Å². The van der Waals surface area contributed by atoms with Gasteiger partial charge in [0.25, 0.3) is 0 Å². The maximum Gasteiger partial charge on any atom is 0.495 e. The van der Waals surface area contributed by atoms with Gasteiger partial charge in [-0.25, -0.2) is 9.59 Å². The zero-order chi connectivity index (χ0) is 25.6. The predicted molar refractivity (Wildman–Crippen MR) is 125 cm³/mol. The Balaban J connectivity index is 4.80. The van der Waals surface area contributed by atoms with Crippen molar-refractivity contribution in [3.05, 3.63) is 24.3 Å². The van der Waals surface area contributed by atoms with Crippen molar-refractivity contribution >= 4 is 35.8 Å². The van der Waals surface area contributed by atoms with Crippen LogP contribution < -0.4 is 0 Å². The molecule has 0 aromatic rings. The second-order valence-corrected chi connectivity index (χ2v) is 12.6. The summed E-state index contributed by atoms with van der Waals surface area (Å²) in [6, 6.07) is -0.00206. The lowest BCUT2D eigenvalue weighted by molar-refractivity contribution is -0.147. The van der Waals surface area contributed by atoms with E-state index in [0.717, 1.165) is 0 Å². The summed E-state index contributed by atoms with van der Waals surface area (Å²) in [7, 11) is -6.71. The molecule has 2 atom stereocenters. The van der Waals surface area contributed by atoms with Crippen LogP contribution in [-0.2, 0) is 33.0 Å². The number of carbonyl (C=O) groups is 3. The number of esters is 3. The van der Waals surface area contributed by atoms with Crippen LogP contribution >= 0.6 is 0 Å². The molecule has 0 amide bonds. The topological polar surface area (TPSA) is 149 Å². The Kier molecular flexibility index (Phi) is 15.0. The third-order valence-corrected chi connectivity index (χ3v) is 7.60. The molecular formula is C21H38O10Si2. The van der Waals surface area contributed by atoms with Gasteiger partial charge in [0.1, 0.15) is 6.23 Å². The average Bonchev–Trinajstić information content (AvgIpc) is 2.71. The fourth-order valence-electron chi connectivity index (χ4n) is 2.46. The summed E-state index contributed by atoms with van der Waals surface area (Å²) in [6.07, 6.45) is -0.0741. The number of hydrogen-bond acceptors (Lipinski definition) is 10. The molecule has 0 aliphatic carbocycles. The molecule has 0 saturated carbocycles. The summed E-state index contributed by atoms with van der Waals surface area (Å²) >= 11 is 0. The monoisotopic (exact) mass is 506 g/mol. The molecule has 0 saturated heterocycles. The van der Waals surface area contributed by atoms with Gasteiger partial charge in [0, 0.05) is 23.3 Å². The molecule has 0 aromatic heterocycles. The van der Waals surface area contributed by atoms with Crippen molar-refractivity contribution in [1.82, 2.24) is 0 Å². The van der Waals surface area contributed by atoms with Gasteiger partial charge in [-0.3, -0.25) is 4.79 Å². The molecule has 33 heavy (non-hydrogen) atoms. The second-order valence-electron chi connectivity index (χ2n) is 8.24. The van der Waals surface area contributed by atoms with Gasteiger partial charge in [0.2, 0.25) is 9.04 Å². The van der Waals surface area contributed by atoms with Crippen molar-refractivity contribution in [3.63, 3.8) is 0 Å². The Bertz CT molecular complexity index is 678. The molecule has 2 unspecified atom stereocenters. The molecule has 12 heteroatoms. The highest BCUT2D eigenvalue weighted by atomic mass is 28.4. The minimum atomic E-state index is -4.12. The molecule has 0 spiro atoms.